The molecule has 1 atom stereocenters. The molecule has 0 aliphatic carbocycles. The SMILES string of the molecule is CCCCOCCOCC(O)CNC(C)(C)C. The van der Waals surface area contributed by atoms with E-state index in [4.69, 9.17) is 9.47 Å². The largest absolute Gasteiger partial charge is 0.389 e. The summed E-state index contributed by atoms with van der Waals surface area (Å²) in [6.07, 6.45) is 1.79. The van der Waals surface area contributed by atoms with Crippen LogP contribution in [0.2, 0.25) is 0 Å². The molecule has 0 bridgehead atoms. The Morgan fingerprint density at radius 3 is 2.35 bits per heavy atom. The fraction of sp³-hybridized carbons (Fsp3) is 1.00. The molecule has 0 rings (SSSR count). The summed E-state index contributed by atoms with van der Waals surface area (Å²) in [5.74, 6) is 0. The Labute approximate surface area is 106 Å². The van der Waals surface area contributed by atoms with E-state index in [-0.39, 0.29) is 5.54 Å². The van der Waals surface area contributed by atoms with Gasteiger partial charge in [0.2, 0.25) is 0 Å². The van der Waals surface area contributed by atoms with Gasteiger partial charge < -0.3 is 19.9 Å². The van der Waals surface area contributed by atoms with Crippen LogP contribution in [0.4, 0.5) is 0 Å². The van der Waals surface area contributed by atoms with Crippen molar-refractivity contribution in [1.82, 2.24) is 5.32 Å². The van der Waals surface area contributed by atoms with Crippen molar-refractivity contribution in [2.75, 3.05) is 33.0 Å². The van der Waals surface area contributed by atoms with Crippen LogP contribution in [0.1, 0.15) is 40.5 Å². The summed E-state index contributed by atoms with van der Waals surface area (Å²) in [5, 5.41) is 12.9. The molecular formula is C13H29NO3. The molecule has 0 radical (unpaired) electrons. The van der Waals surface area contributed by atoms with Crippen molar-refractivity contribution >= 4 is 0 Å². The molecule has 104 valence electrons. The Bertz CT molecular complexity index is 169. The summed E-state index contributed by atoms with van der Waals surface area (Å²) in [4.78, 5) is 0. The molecular weight excluding hydrogens is 218 g/mol. The summed E-state index contributed by atoms with van der Waals surface area (Å²) in [5.41, 5.74) is 0.0320. The number of aliphatic hydroxyl groups is 1. The fourth-order valence-corrected chi connectivity index (χ4v) is 1.17. The number of unbranched alkanes of at least 4 members (excludes halogenated alkanes) is 1. The first-order valence-electron chi connectivity index (χ1n) is 6.54. The molecule has 0 aromatic rings. The van der Waals surface area contributed by atoms with Crippen molar-refractivity contribution in [3.63, 3.8) is 0 Å². The highest BCUT2D eigenvalue weighted by atomic mass is 16.5. The third-order valence-corrected chi connectivity index (χ3v) is 2.19. The molecule has 4 nitrogen and oxygen atoms in total. The molecule has 4 heteroatoms. The minimum Gasteiger partial charge on any atom is -0.389 e. The first kappa shape index (κ1) is 16.8. The van der Waals surface area contributed by atoms with E-state index in [2.05, 4.69) is 33.0 Å². The van der Waals surface area contributed by atoms with Crippen LogP contribution in [0.15, 0.2) is 0 Å². The average Bonchev–Trinajstić information content (AvgIpc) is 2.24. The average molecular weight is 247 g/mol. The zero-order valence-electron chi connectivity index (χ0n) is 11.8. The topological polar surface area (TPSA) is 50.7 Å². The second-order valence-electron chi connectivity index (χ2n) is 5.33. The number of ether oxygens (including phenoxy) is 2. The summed E-state index contributed by atoms with van der Waals surface area (Å²) < 4.78 is 10.7. The van der Waals surface area contributed by atoms with Gasteiger partial charge in [-0.1, -0.05) is 13.3 Å². The maximum atomic E-state index is 9.62. The van der Waals surface area contributed by atoms with Crippen LogP contribution in [0.5, 0.6) is 0 Å². The van der Waals surface area contributed by atoms with Crippen LogP contribution in [-0.4, -0.2) is 49.7 Å². The van der Waals surface area contributed by atoms with Gasteiger partial charge in [-0.2, -0.15) is 0 Å². The van der Waals surface area contributed by atoms with Crippen LogP contribution >= 0.6 is 0 Å². The zero-order valence-corrected chi connectivity index (χ0v) is 11.8. The second kappa shape index (κ2) is 9.83. The van der Waals surface area contributed by atoms with Gasteiger partial charge in [0.25, 0.3) is 0 Å². The maximum absolute atomic E-state index is 9.62. The van der Waals surface area contributed by atoms with E-state index in [9.17, 15) is 5.11 Å². The second-order valence-corrected chi connectivity index (χ2v) is 5.33. The quantitative estimate of drug-likeness (QED) is 0.575. The monoisotopic (exact) mass is 247 g/mol. The molecule has 0 saturated heterocycles. The van der Waals surface area contributed by atoms with Gasteiger partial charge in [-0.25, -0.2) is 0 Å². The van der Waals surface area contributed by atoms with Crippen LogP contribution in [-0.2, 0) is 9.47 Å². The molecule has 2 N–H and O–H groups in total. The molecule has 0 aliphatic rings. The van der Waals surface area contributed by atoms with Crippen LogP contribution in [0.3, 0.4) is 0 Å². The van der Waals surface area contributed by atoms with Crippen molar-refractivity contribution < 1.29 is 14.6 Å². The molecule has 17 heavy (non-hydrogen) atoms. The Balaban J connectivity index is 3.25. The normalized spacial score (nSPS) is 13.9. The highest BCUT2D eigenvalue weighted by molar-refractivity contribution is 4.72. The van der Waals surface area contributed by atoms with Gasteiger partial charge in [-0.3, -0.25) is 0 Å². The van der Waals surface area contributed by atoms with Gasteiger partial charge in [0, 0.05) is 18.7 Å². The van der Waals surface area contributed by atoms with E-state index in [0.717, 1.165) is 19.4 Å². The highest BCUT2D eigenvalue weighted by Gasteiger charge is 2.11. The smallest absolute Gasteiger partial charge is 0.0897 e. The molecule has 0 fully saturated rings. The molecule has 0 aliphatic heterocycles. The first-order chi connectivity index (χ1) is 7.95. The van der Waals surface area contributed by atoms with Crippen molar-refractivity contribution in [1.29, 1.82) is 0 Å². The number of hydrogen-bond donors (Lipinski definition) is 2. The third kappa shape index (κ3) is 13.8. The van der Waals surface area contributed by atoms with E-state index in [1.807, 2.05) is 0 Å². The Hall–Kier alpha value is -0.160. The standard InChI is InChI=1S/C13H29NO3/c1-5-6-7-16-8-9-17-11-12(15)10-14-13(2,3)4/h12,14-15H,5-11H2,1-4H3. The first-order valence-corrected chi connectivity index (χ1v) is 6.54. The number of β-amino-alcohol motifs (C(OH)–C–C–N with tert-alkyl or cyclic N) is 1. The number of nitrogens with one attached hydrogen (secondary N) is 1. The predicted octanol–water partition coefficient (Wildman–Crippen LogP) is 1.57. The molecule has 0 amide bonds. The Morgan fingerprint density at radius 2 is 1.76 bits per heavy atom. The van der Waals surface area contributed by atoms with Crippen molar-refractivity contribution in [2.24, 2.45) is 0 Å². The van der Waals surface area contributed by atoms with Crippen LogP contribution < -0.4 is 5.32 Å². The van der Waals surface area contributed by atoms with Crippen LogP contribution in [0.25, 0.3) is 0 Å². The summed E-state index contributed by atoms with van der Waals surface area (Å²) in [7, 11) is 0. The van der Waals surface area contributed by atoms with Gasteiger partial charge in [0.15, 0.2) is 0 Å². The lowest BCUT2D eigenvalue weighted by atomic mass is 10.1. The summed E-state index contributed by atoms with van der Waals surface area (Å²) in [6.45, 7) is 11.2. The molecule has 0 aromatic heterocycles. The molecule has 0 saturated carbocycles. The van der Waals surface area contributed by atoms with Gasteiger partial charge >= 0.3 is 0 Å². The summed E-state index contributed by atoms with van der Waals surface area (Å²) in [6, 6.07) is 0. The lowest BCUT2D eigenvalue weighted by Gasteiger charge is -2.22. The van der Waals surface area contributed by atoms with E-state index < -0.39 is 6.10 Å². The Kier molecular flexibility index (Phi) is 9.74. The highest BCUT2D eigenvalue weighted by Crippen LogP contribution is 1.98. The van der Waals surface area contributed by atoms with Gasteiger partial charge in [0.05, 0.1) is 25.9 Å². The predicted molar refractivity (Wildman–Crippen MR) is 70.3 cm³/mol. The molecule has 0 aromatic carbocycles. The Morgan fingerprint density at radius 1 is 1.12 bits per heavy atom. The van der Waals surface area contributed by atoms with Gasteiger partial charge in [-0.15, -0.1) is 0 Å². The van der Waals surface area contributed by atoms with E-state index >= 15 is 0 Å². The number of rotatable bonds is 10. The van der Waals surface area contributed by atoms with Crippen molar-refractivity contribution in [3.8, 4) is 0 Å². The lowest BCUT2D eigenvalue weighted by Crippen LogP contribution is -2.42. The fourth-order valence-electron chi connectivity index (χ4n) is 1.17. The molecule has 1 unspecified atom stereocenters. The minimum atomic E-state index is -0.454. The zero-order chi connectivity index (χ0) is 13.1. The maximum Gasteiger partial charge on any atom is 0.0897 e. The number of hydrogen-bond acceptors (Lipinski definition) is 4. The number of aliphatic hydroxyl groups excluding tert-OH is 1. The van der Waals surface area contributed by atoms with E-state index in [1.165, 1.54) is 0 Å². The van der Waals surface area contributed by atoms with Gasteiger partial charge in [-0.05, 0) is 27.2 Å². The third-order valence-electron chi connectivity index (χ3n) is 2.19. The van der Waals surface area contributed by atoms with E-state index in [1.54, 1.807) is 0 Å². The van der Waals surface area contributed by atoms with Crippen molar-refractivity contribution in [2.45, 2.75) is 52.2 Å². The van der Waals surface area contributed by atoms with Crippen molar-refractivity contribution in [3.05, 3.63) is 0 Å². The van der Waals surface area contributed by atoms with E-state index in [0.29, 0.717) is 26.4 Å². The lowest BCUT2D eigenvalue weighted by molar-refractivity contribution is 0.00237. The minimum absolute atomic E-state index is 0.0320. The van der Waals surface area contributed by atoms with Crippen LogP contribution in [0, 0.1) is 0 Å². The molecule has 0 spiro atoms. The summed E-state index contributed by atoms with van der Waals surface area (Å²) >= 11 is 0. The van der Waals surface area contributed by atoms with Gasteiger partial charge in [0.1, 0.15) is 0 Å². The molecule has 0 heterocycles.